The molecule has 1 rings (SSSR count). The summed E-state index contributed by atoms with van der Waals surface area (Å²) in [6, 6.07) is 0. The third kappa shape index (κ3) is 2.41. The van der Waals surface area contributed by atoms with Crippen LogP contribution < -0.4 is 5.32 Å². The molecule has 0 aliphatic heterocycles. The molecule has 0 aromatic carbocycles. The molecule has 0 bridgehead atoms. The fourth-order valence-corrected chi connectivity index (χ4v) is 1.62. The van der Waals surface area contributed by atoms with Crippen LogP contribution in [0.5, 0.6) is 0 Å². The van der Waals surface area contributed by atoms with E-state index in [1.807, 2.05) is 0 Å². The molecular weight excluding hydrogens is 218 g/mol. The zero-order chi connectivity index (χ0) is 13.2. The van der Waals surface area contributed by atoms with Crippen LogP contribution in [-0.2, 0) is 14.4 Å². The van der Waals surface area contributed by atoms with E-state index in [9.17, 15) is 14.4 Å². The zero-order valence-electron chi connectivity index (χ0n) is 10.2. The fourth-order valence-electron chi connectivity index (χ4n) is 1.62. The highest BCUT2D eigenvalue weighted by Gasteiger charge is 2.27. The van der Waals surface area contributed by atoms with Crippen LogP contribution in [0.4, 0.5) is 0 Å². The Kier molecular flexibility index (Phi) is 3.78. The molecule has 0 fully saturated rings. The van der Waals surface area contributed by atoms with Gasteiger partial charge in [-0.15, -0.1) is 0 Å². The van der Waals surface area contributed by atoms with E-state index < -0.39 is 0 Å². The summed E-state index contributed by atoms with van der Waals surface area (Å²) >= 11 is 0. The fraction of sp³-hybridized carbons (Fsp3) is 0.308. The molecule has 90 valence electrons. The quantitative estimate of drug-likeness (QED) is 0.586. The monoisotopic (exact) mass is 233 g/mol. The minimum absolute atomic E-state index is 0.0614. The van der Waals surface area contributed by atoms with Crippen molar-refractivity contribution >= 4 is 17.5 Å². The SMILES string of the molecule is C=CC(=O)NCC1=C(C)C(=O)C(C)=C(C)C1=O. The first-order chi connectivity index (χ1) is 7.90. The molecular formula is C13H15NO3. The first-order valence-corrected chi connectivity index (χ1v) is 5.27. The lowest BCUT2D eigenvalue weighted by atomic mass is 9.86. The van der Waals surface area contributed by atoms with Crippen molar-refractivity contribution in [2.45, 2.75) is 20.8 Å². The van der Waals surface area contributed by atoms with Gasteiger partial charge < -0.3 is 5.32 Å². The Labute approximate surface area is 100 Å². The van der Waals surface area contributed by atoms with Gasteiger partial charge in [0.2, 0.25) is 5.91 Å². The van der Waals surface area contributed by atoms with Crippen molar-refractivity contribution in [1.29, 1.82) is 0 Å². The summed E-state index contributed by atoms with van der Waals surface area (Å²) < 4.78 is 0. The number of carbonyl (C=O) groups is 3. The van der Waals surface area contributed by atoms with Gasteiger partial charge in [0.25, 0.3) is 0 Å². The van der Waals surface area contributed by atoms with E-state index in [0.717, 1.165) is 6.08 Å². The van der Waals surface area contributed by atoms with E-state index in [-0.39, 0.29) is 24.0 Å². The minimum atomic E-state index is -0.366. The first-order valence-electron chi connectivity index (χ1n) is 5.27. The number of nitrogens with one attached hydrogen (secondary N) is 1. The van der Waals surface area contributed by atoms with Crippen molar-refractivity contribution in [3.8, 4) is 0 Å². The van der Waals surface area contributed by atoms with Gasteiger partial charge in [-0.2, -0.15) is 0 Å². The van der Waals surface area contributed by atoms with Crippen LogP contribution in [0.2, 0.25) is 0 Å². The Morgan fingerprint density at radius 2 is 1.65 bits per heavy atom. The van der Waals surface area contributed by atoms with Gasteiger partial charge in [-0.05, 0) is 26.8 Å². The van der Waals surface area contributed by atoms with E-state index in [1.165, 1.54) is 0 Å². The van der Waals surface area contributed by atoms with Gasteiger partial charge in [0.05, 0.1) is 0 Å². The van der Waals surface area contributed by atoms with Gasteiger partial charge in [0.15, 0.2) is 11.6 Å². The van der Waals surface area contributed by atoms with Crippen molar-refractivity contribution in [3.63, 3.8) is 0 Å². The Morgan fingerprint density at radius 1 is 1.12 bits per heavy atom. The lowest BCUT2D eigenvalue weighted by molar-refractivity contribution is -0.117. The number of ketones is 2. The van der Waals surface area contributed by atoms with Crippen LogP contribution in [0.3, 0.4) is 0 Å². The molecule has 1 aliphatic rings. The number of hydrogen-bond donors (Lipinski definition) is 1. The van der Waals surface area contributed by atoms with E-state index in [1.54, 1.807) is 20.8 Å². The van der Waals surface area contributed by atoms with Crippen molar-refractivity contribution in [2.75, 3.05) is 6.54 Å². The van der Waals surface area contributed by atoms with Crippen molar-refractivity contribution in [3.05, 3.63) is 34.9 Å². The summed E-state index contributed by atoms with van der Waals surface area (Å²) in [5.41, 5.74) is 1.69. The second-order valence-electron chi connectivity index (χ2n) is 3.93. The first kappa shape index (κ1) is 13.1. The van der Waals surface area contributed by atoms with E-state index >= 15 is 0 Å². The predicted octanol–water partition coefficient (Wildman–Crippen LogP) is 1.09. The van der Waals surface area contributed by atoms with E-state index in [4.69, 9.17) is 0 Å². The normalized spacial score (nSPS) is 16.4. The standard InChI is InChI=1S/C13H15NO3/c1-5-11(15)14-6-10-9(4)12(16)7(2)8(3)13(10)17/h5H,1,6H2,2-4H3,(H,14,15). The second kappa shape index (κ2) is 4.91. The number of amides is 1. The minimum Gasteiger partial charge on any atom is -0.348 e. The number of rotatable bonds is 3. The molecule has 0 aromatic rings. The number of allylic oxidation sites excluding steroid dienone is 3. The van der Waals surface area contributed by atoms with Crippen molar-refractivity contribution in [2.24, 2.45) is 0 Å². The molecule has 4 nitrogen and oxygen atoms in total. The molecule has 4 heteroatoms. The Balaban J connectivity index is 2.99. The molecule has 1 aliphatic carbocycles. The lowest BCUT2D eigenvalue weighted by Crippen LogP contribution is -2.30. The van der Waals surface area contributed by atoms with Crippen LogP contribution in [0.1, 0.15) is 20.8 Å². The van der Waals surface area contributed by atoms with Crippen LogP contribution in [-0.4, -0.2) is 24.0 Å². The highest BCUT2D eigenvalue weighted by atomic mass is 16.2. The lowest BCUT2D eigenvalue weighted by Gasteiger charge is -2.18. The van der Waals surface area contributed by atoms with Gasteiger partial charge >= 0.3 is 0 Å². The largest absolute Gasteiger partial charge is 0.348 e. The number of carbonyl (C=O) groups excluding carboxylic acids is 3. The third-order valence-corrected chi connectivity index (χ3v) is 2.94. The van der Waals surface area contributed by atoms with E-state index in [2.05, 4.69) is 11.9 Å². The van der Waals surface area contributed by atoms with Crippen LogP contribution in [0.15, 0.2) is 34.9 Å². The molecule has 17 heavy (non-hydrogen) atoms. The maximum absolute atomic E-state index is 11.9. The number of Topliss-reactive ketones (excluding diaryl/α,β-unsaturated/α-hetero) is 2. The molecule has 1 amide bonds. The average Bonchev–Trinajstić information content (AvgIpc) is 2.33. The molecule has 1 N–H and O–H groups in total. The Morgan fingerprint density at radius 3 is 2.18 bits per heavy atom. The molecule has 0 saturated carbocycles. The van der Waals surface area contributed by atoms with Crippen LogP contribution in [0.25, 0.3) is 0 Å². The van der Waals surface area contributed by atoms with Gasteiger partial charge in [0, 0.05) is 28.8 Å². The van der Waals surface area contributed by atoms with Crippen LogP contribution in [0, 0.1) is 0 Å². The van der Waals surface area contributed by atoms with Crippen LogP contribution >= 0.6 is 0 Å². The maximum atomic E-state index is 11.9. The summed E-state index contributed by atoms with van der Waals surface area (Å²) in [5, 5.41) is 2.51. The average molecular weight is 233 g/mol. The smallest absolute Gasteiger partial charge is 0.243 e. The third-order valence-electron chi connectivity index (χ3n) is 2.94. The summed E-state index contributed by atoms with van der Waals surface area (Å²) in [6.07, 6.45) is 1.12. The van der Waals surface area contributed by atoms with Gasteiger partial charge in [0.1, 0.15) is 0 Å². The van der Waals surface area contributed by atoms with Crippen molar-refractivity contribution in [1.82, 2.24) is 5.32 Å². The molecule has 0 unspecified atom stereocenters. The van der Waals surface area contributed by atoms with Gasteiger partial charge in [-0.1, -0.05) is 6.58 Å². The topological polar surface area (TPSA) is 63.2 Å². The molecule has 0 heterocycles. The van der Waals surface area contributed by atoms with Crippen molar-refractivity contribution < 1.29 is 14.4 Å². The predicted molar refractivity (Wildman–Crippen MR) is 64.3 cm³/mol. The molecule has 0 saturated heterocycles. The highest BCUT2D eigenvalue weighted by Crippen LogP contribution is 2.23. The Hall–Kier alpha value is -1.97. The number of hydrogen-bond acceptors (Lipinski definition) is 3. The highest BCUT2D eigenvalue weighted by molar-refractivity contribution is 6.24. The molecule has 0 atom stereocenters. The summed E-state index contributed by atoms with van der Waals surface area (Å²) in [7, 11) is 0. The van der Waals surface area contributed by atoms with E-state index in [0.29, 0.717) is 22.3 Å². The molecule has 0 radical (unpaired) electrons. The van der Waals surface area contributed by atoms with Gasteiger partial charge in [-0.25, -0.2) is 0 Å². The summed E-state index contributed by atoms with van der Waals surface area (Å²) in [5.74, 6) is -0.677. The maximum Gasteiger partial charge on any atom is 0.243 e. The Bertz CT molecular complexity index is 481. The molecule has 0 spiro atoms. The molecule has 0 aromatic heterocycles. The summed E-state index contributed by atoms with van der Waals surface area (Å²) in [6.45, 7) is 8.24. The second-order valence-corrected chi connectivity index (χ2v) is 3.93. The van der Waals surface area contributed by atoms with Gasteiger partial charge in [-0.3, -0.25) is 14.4 Å². The summed E-state index contributed by atoms with van der Waals surface area (Å²) in [4.78, 5) is 34.8. The zero-order valence-corrected chi connectivity index (χ0v) is 10.2.